The fourth-order valence-corrected chi connectivity index (χ4v) is 2.27. The summed E-state index contributed by atoms with van der Waals surface area (Å²) in [7, 11) is 0. The number of carbonyl (C=O) groups is 2. The van der Waals surface area contributed by atoms with Crippen LogP contribution in [-0.2, 0) is 4.79 Å². The summed E-state index contributed by atoms with van der Waals surface area (Å²) in [5.41, 5.74) is 0.456. The number of nitrogens with zero attached hydrogens (tertiary/aromatic N) is 1. The van der Waals surface area contributed by atoms with E-state index in [-0.39, 0.29) is 18.0 Å². The van der Waals surface area contributed by atoms with E-state index in [2.05, 4.69) is 5.32 Å². The van der Waals surface area contributed by atoms with Gasteiger partial charge in [0.15, 0.2) is 0 Å². The monoisotopic (exact) mass is 294 g/mol. The minimum atomic E-state index is -0.625. The second-order valence-electron chi connectivity index (χ2n) is 5.21. The summed E-state index contributed by atoms with van der Waals surface area (Å²) >= 11 is 0. The molecule has 0 bridgehead atoms. The molecule has 1 aromatic carbocycles. The van der Waals surface area contributed by atoms with Gasteiger partial charge >= 0.3 is 0 Å². The van der Waals surface area contributed by atoms with Gasteiger partial charge in [-0.2, -0.15) is 0 Å². The van der Waals surface area contributed by atoms with Crippen LogP contribution in [0, 0.1) is 5.82 Å². The highest BCUT2D eigenvalue weighted by Crippen LogP contribution is 2.23. The molecule has 0 saturated carbocycles. The summed E-state index contributed by atoms with van der Waals surface area (Å²) in [5, 5.41) is 11.7. The van der Waals surface area contributed by atoms with E-state index >= 15 is 0 Å². The lowest BCUT2D eigenvalue weighted by Crippen LogP contribution is -2.28. The minimum Gasteiger partial charge on any atom is -0.393 e. The predicted molar refractivity (Wildman–Crippen MR) is 76.6 cm³/mol. The molecule has 1 atom stereocenters. The van der Waals surface area contributed by atoms with Crippen molar-refractivity contribution >= 4 is 17.5 Å². The molecule has 1 aliphatic heterocycles. The van der Waals surface area contributed by atoms with E-state index in [1.54, 1.807) is 11.8 Å². The lowest BCUT2D eigenvalue weighted by Gasteiger charge is -2.17. The molecule has 1 heterocycles. The quantitative estimate of drug-likeness (QED) is 0.863. The Morgan fingerprint density at radius 2 is 2.29 bits per heavy atom. The van der Waals surface area contributed by atoms with Crippen LogP contribution < -0.4 is 10.2 Å². The zero-order valence-electron chi connectivity index (χ0n) is 11.9. The van der Waals surface area contributed by atoms with Gasteiger partial charge in [-0.15, -0.1) is 0 Å². The summed E-state index contributed by atoms with van der Waals surface area (Å²) in [6, 6.07) is 4.10. The van der Waals surface area contributed by atoms with Crippen LogP contribution in [0.3, 0.4) is 0 Å². The molecule has 6 heteroatoms. The summed E-state index contributed by atoms with van der Waals surface area (Å²) in [4.78, 5) is 25.2. The zero-order chi connectivity index (χ0) is 15.4. The third-order valence-corrected chi connectivity index (χ3v) is 3.43. The smallest absolute Gasteiger partial charge is 0.254 e. The number of hydrogen-bond acceptors (Lipinski definition) is 3. The van der Waals surface area contributed by atoms with E-state index in [4.69, 9.17) is 5.11 Å². The molecule has 21 heavy (non-hydrogen) atoms. The maximum atomic E-state index is 13.8. The first-order valence-electron chi connectivity index (χ1n) is 7.05. The average molecular weight is 294 g/mol. The van der Waals surface area contributed by atoms with Crippen molar-refractivity contribution in [3.8, 4) is 0 Å². The van der Waals surface area contributed by atoms with Crippen molar-refractivity contribution in [2.24, 2.45) is 0 Å². The first kappa shape index (κ1) is 15.4. The lowest BCUT2D eigenvalue weighted by molar-refractivity contribution is -0.117. The number of benzene rings is 1. The van der Waals surface area contributed by atoms with Crippen LogP contribution in [0.15, 0.2) is 18.2 Å². The zero-order valence-corrected chi connectivity index (χ0v) is 11.9. The van der Waals surface area contributed by atoms with Gasteiger partial charge in [-0.25, -0.2) is 4.39 Å². The van der Waals surface area contributed by atoms with Crippen LogP contribution in [0.2, 0.25) is 0 Å². The molecule has 2 rings (SSSR count). The molecule has 0 aliphatic carbocycles. The fraction of sp³-hybridized carbons (Fsp3) is 0.467. The van der Waals surface area contributed by atoms with E-state index in [9.17, 15) is 14.0 Å². The third-order valence-electron chi connectivity index (χ3n) is 3.43. The molecule has 1 fully saturated rings. The first-order chi connectivity index (χ1) is 9.99. The summed E-state index contributed by atoms with van der Waals surface area (Å²) in [6.45, 7) is 2.47. The van der Waals surface area contributed by atoms with Gasteiger partial charge < -0.3 is 15.3 Å². The normalized spacial score (nSPS) is 16.1. The number of anilines is 1. The van der Waals surface area contributed by atoms with Gasteiger partial charge in [0.1, 0.15) is 5.82 Å². The topological polar surface area (TPSA) is 69.6 Å². The van der Waals surface area contributed by atoms with E-state index in [1.165, 1.54) is 18.2 Å². The maximum absolute atomic E-state index is 13.8. The number of carbonyl (C=O) groups excluding carboxylic acids is 2. The number of halogens is 1. The highest BCUT2D eigenvalue weighted by molar-refractivity contribution is 5.99. The Morgan fingerprint density at radius 1 is 1.52 bits per heavy atom. The number of amides is 2. The minimum absolute atomic E-state index is 0.0120. The van der Waals surface area contributed by atoms with E-state index in [0.717, 1.165) is 6.42 Å². The van der Waals surface area contributed by atoms with Crippen LogP contribution in [0.4, 0.5) is 10.1 Å². The Bertz CT molecular complexity index is 546. The van der Waals surface area contributed by atoms with Crippen LogP contribution in [0.5, 0.6) is 0 Å². The number of rotatable bonds is 5. The Labute approximate surface area is 122 Å². The van der Waals surface area contributed by atoms with E-state index in [1.807, 2.05) is 0 Å². The van der Waals surface area contributed by atoms with Crippen LogP contribution in [0.1, 0.15) is 36.5 Å². The van der Waals surface area contributed by atoms with Crippen molar-refractivity contribution in [1.82, 2.24) is 5.32 Å². The molecule has 2 amide bonds. The molecule has 1 unspecified atom stereocenters. The highest BCUT2D eigenvalue weighted by Gasteiger charge is 2.23. The molecule has 0 aromatic heterocycles. The molecule has 2 N–H and O–H groups in total. The van der Waals surface area contributed by atoms with Gasteiger partial charge in [-0.05, 0) is 38.0 Å². The molecule has 1 aliphatic rings. The Kier molecular flexibility index (Phi) is 4.90. The van der Waals surface area contributed by atoms with Crippen molar-refractivity contribution in [3.05, 3.63) is 29.6 Å². The average Bonchev–Trinajstić information content (AvgIpc) is 2.85. The summed E-state index contributed by atoms with van der Waals surface area (Å²) in [5.74, 6) is -1.18. The molecule has 1 aromatic rings. The molecule has 0 spiro atoms. The highest BCUT2D eigenvalue weighted by atomic mass is 19.1. The first-order valence-corrected chi connectivity index (χ1v) is 7.05. The van der Waals surface area contributed by atoms with Crippen molar-refractivity contribution in [2.75, 3.05) is 18.0 Å². The van der Waals surface area contributed by atoms with Crippen molar-refractivity contribution in [1.29, 1.82) is 0 Å². The largest absolute Gasteiger partial charge is 0.393 e. The summed E-state index contributed by atoms with van der Waals surface area (Å²) < 4.78 is 13.8. The molecule has 5 nitrogen and oxygen atoms in total. The molecule has 0 radical (unpaired) electrons. The fourth-order valence-electron chi connectivity index (χ4n) is 2.27. The lowest BCUT2D eigenvalue weighted by atomic mass is 10.1. The van der Waals surface area contributed by atoms with Gasteiger partial charge in [0, 0.05) is 25.2 Å². The van der Waals surface area contributed by atoms with Gasteiger partial charge in [-0.3, -0.25) is 9.59 Å². The third kappa shape index (κ3) is 3.78. The number of nitrogens with one attached hydrogen (secondary N) is 1. The van der Waals surface area contributed by atoms with E-state index < -0.39 is 17.8 Å². The molecule has 1 saturated heterocycles. The maximum Gasteiger partial charge on any atom is 0.254 e. The van der Waals surface area contributed by atoms with E-state index in [0.29, 0.717) is 25.1 Å². The van der Waals surface area contributed by atoms with Gasteiger partial charge in [0.2, 0.25) is 5.91 Å². The molecule has 114 valence electrons. The van der Waals surface area contributed by atoms with Crippen molar-refractivity contribution in [2.45, 2.75) is 32.3 Å². The van der Waals surface area contributed by atoms with Gasteiger partial charge in [0.05, 0.1) is 11.7 Å². The van der Waals surface area contributed by atoms with Crippen LogP contribution in [0.25, 0.3) is 0 Å². The Balaban J connectivity index is 2.11. The molecular formula is C15H19FN2O3. The van der Waals surface area contributed by atoms with Gasteiger partial charge in [-0.1, -0.05) is 0 Å². The van der Waals surface area contributed by atoms with Crippen LogP contribution in [-0.4, -0.2) is 36.1 Å². The second kappa shape index (κ2) is 6.67. The molecular weight excluding hydrogens is 275 g/mol. The summed E-state index contributed by atoms with van der Waals surface area (Å²) in [6.07, 6.45) is 1.13. The Hall–Kier alpha value is -1.95. The number of hydrogen-bond donors (Lipinski definition) is 2. The number of aliphatic hydroxyl groups excluding tert-OH is 1. The Morgan fingerprint density at radius 3 is 2.90 bits per heavy atom. The van der Waals surface area contributed by atoms with Gasteiger partial charge in [0.25, 0.3) is 5.91 Å². The SMILES string of the molecule is CC(O)CCNC(=O)c1cc(N2CCCC2=O)ccc1F. The second-order valence-corrected chi connectivity index (χ2v) is 5.21. The van der Waals surface area contributed by atoms with Crippen molar-refractivity contribution in [3.63, 3.8) is 0 Å². The van der Waals surface area contributed by atoms with Crippen molar-refractivity contribution < 1.29 is 19.1 Å². The number of aliphatic hydroxyl groups is 1. The standard InChI is InChI=1S/C15H19FN2O3/c1-10(19)6-7-17-15(21)12-9-11(4-5-13(12)16)18-8-2-3-14(18)20/h4-5,9-10,19H,2-3,6-8H2,1H3,(H,17,21). The van der Waals surface area contributed by atoms with Crippen LogP contribution >= 0.6 is 0 Å². The predicted octanol–water partition coefficient (Wildman–Crippen LogP) is 1.45.